The highest BCUT2D eigenvalue weighted by atomic mass is 16.2. The zero-order valence-electron chi connectivity index (χ0n) is 13.4. The highest BCUT2D eigenvalue weighted by Gasteiger charge is 2.24. The van der Waals surface area contributed by atoms with E-state index in [1.54, 1.807) is 0 Å². The Hall–Kier alpha value is -2.35. The lowest BCUT2D eigenvalue weighted by Gasteiger charge is -2.28. The second-order valence-electron chi connectivity index (χ2n) is 6.15. The van der Waals surface area contributed by atoms with Crippen LogP contribution >= 0.6 is 0 Å². The number of allylic oxidation sites excluding steroid dienone is 2. The van der Waals surface area contributed by atoms with Gasteiger partial charge in [0.1, 0.15) is 0 Å². The summed E-state index contributed by atoms with van der Waals surface area (Å²) < 4.78 is 0. The van der Waals surface area contributed by atoms with Crippen molar-refractivity contribution in [3.63, 3.8) is 0 Å². The summed E-state index contributed by atoms with van der Waals surface area (Å²) in [6, 6.07) is 20.5. The van der Waals surface area contributed by atoms with E-state index < -0.39 is 0 Å². The van der Waals surface area contributed by atoms with Gasteiger partial charge in [-0.2, -0.15) is 0 Å². The molecule has 118 valence electrons. The minimum Gasteiger partial charge on any atom is -0.334 e. The highest BCUT2D eigenvalue weighted by molar-refractivity contribution is 5.79. The molecule has 2 nitrogen and oxygen atoms in total. The van der Waals surface area contributed by atoms with Crippen molar-refractivity contribution in [2.24, 2.45) is 5.92 Å². The van der Waals surface area contributed by atoms with Crippen LogP contribution < -0.4 is 0 Å². The van der Waals surface area contributed by atoms with E-state index in [1.807, 2.05) is 41.3 Å². The van der Waals surface area contributed by atoms with E-state index in [9.17, 15) is 4.79 Å². The molecule has 0 saturated heterocycles. The van der Waals surface area contributed by atoms with Crippen molar-refractivity contribution in [3.05, 3.63) is 83.9 Å². The van der Waals surface area contributed by atoms with E-state index in [1.165, 1.54) is 11.1 Å². The van der Waals surface area contributed by atoms with Crippen molar-refractivity contribution in [3.8, 4) is 0 Å². The Balaban J connectivity index is 1.77. The molecule has 1 atom stereocenters. The Labute approximate surface area is 138 Å². The zero-order valence-corrected chi connectivity index (χ0v) is 13.4. The first-order valence-corrected chi connectivity index (χ1v) is 8.34. The Morgan fingerprint density at radius 1 is 0.870 bits per heavy atom. The van der Waals surface area contributed by atoms with E-state index in [0.29, 0.717) is 13.1 Å². The molecule has 2 aromatic carbocycles. The van der Waals surface area contributed by atoms with Gasteiger partial charge in [-0.3, -0.25) is 4.79 Å². The molecule has 1 amide bonds. The lowest BCUT2D eigenvalue weighted by Crippen LogP contribution is -2.35. The van der Waals surface area contributed by atoms with Crippen LogP contribution in [0.3, 0.4) is 0 Å². The first kappa shape index (κ1) is 15.5. The minimum atomic E-state index is 0.132. The van der Waals surface area contributed by atoms with Crippen LogP contribution in [0.1, 0.15) is 30.4 Å². The third kappa shape index (κ3) is 4.32. The number of hydrogen-bond donors (Lipinski definition) is 0. The summed E-state index contributed by atoms with van der Waals surface area (Å²) in [6.07, 6.45) is 7.19. The van der Waals surface area contributed by atoms with E-state index >= 15 is 0 Å². The lowest BCUT2D eigenvalue weighted by molar-refractivity contribution is -0.137. The number of amides is 1. The van der Waals surface area contributed by atoms with Gasteiger partial charge in [0, 0.05) is 19.0 Å². The molecule has 2 heteroatoms. The van der Waals surface area contributed by atoms with Crippen molar-refractivity contribution in [1.29, 1.82) is 0 Å². The zero-order chi connectivity index (χ0) is 15.9. The topological polar surface area (TPSA) is 20.3 Å². The second-order valence-corrected chi connectivity index (χ2v) is 6.15. The van der Waals surface area contributed by atoms with Gasteiger partial charge in [-0.15, -0.1) is 0 Å². The molecule has 2 aromatic rings. The fourth-order valence-corrected chi connectivity index (χ4v) is 3.10. The monoisotopic (exact) mass is 305 g/mol. The van der Waals surface area contributed by atoms with Gasteiger partial charge in [0.25, 0.3) is 0 Å². The minimum absolute atomic E-state index is 0.132. The molecule has 1 aliphatic rings. The van der Waals surface area contributed by atoms with Crippen LogP contribution in [0, 0.1) is 5.92 Å². The molecule has 0 fully saturated rings. The number of benzene rings is 2. The molecule has 23 heavy (non-hydrogen) atoms. The quantitative estimate of drug-likeness (QED) is 0.741. The van der Waals surface area contributed by atoms with Crippen LogP contribution in [0.2, 0.25) is 0 Å². The van der Waals surface area contributed by atoms with Crippen LogP contribution in [0.5, 0.6) is 0 Å². The molecule has 0 N–H and O–H groups in total. The number of rotatable bonds is 5. The number of carbonyl (C=O) groups is 1. The maximum Gasteiger partial charge on any atom is 0.226 e. The molecule has 0 bridgehead atoms. The largest absolute Gasteiger partial charge is 0.334 e. The molecule has 0 heterocycles. The second kappa shape index (κ2) is 7.77. The molecular weight excluding hydrogens is 282 g/mol. The first-order chi connectivity index (χ1) is 11.3. The Bertz CT molecular complexity index is 607. The summed E-state index contributed by atoms with van der Waals surface area (Å²) in [5.41, 5.74) is 2.37. The van der Waals surface area contributed by atoms with Crippen LogP contribution in [0.25, 0.3) is 0 Å². The van der Waals surface area contributed by atoms with E-state index in [4.69, 9.17) is 0 Å². The van der Waals surface area contributed by atoms with Gasteiger partial charge in [0.05, 0.1) is 0 Å². The predicted molar refractivity (Wildman–Crippen MR) is 93.6 cm³/mol. The highest BCUT2D eigenvalue weighted by Crippen LogP contribution is 2.23. The summed E-state index contributed by atoms with van der Waals surface area (Å²) >= 11 is 0. The van der Waals surface area contributed by atoms with Gasteiger partial charge >= 0.3 is 0 Å². The maximum atomic E-state index is 13.0. The Morgan fingerprint density at radius 2 is 1.43 bits per heavy atom. The summed E-state index contributed by atoms with van der Waals surface area (Å²) in [5, 5.41) is 0. The molecular formula is C21H23NO. The third-order valence-corrected chi connectivity index (χ3v) is 4.36. The third-order valence-electron chi connectivity index (χ3n) is 4.36. The van der Waals surface area contributed by atoms with Crippen LogP contribution in [-0.2, 0) is 17.9 Å². The fraction of sp³-hybridized carbons (Fsp3) is 0.286. The van der Waals surface area contributed by atoms with Gasteiger partial charge in [0.15, 0.2) is 0 Å². The summed E-state index contributed by atoms with van der Waals surface area (Å²) in [6.45, 7) is 1.35. The van der Waals surface area contributed by atoms with E-state index in [2.05, 4.69) is 36.4 Å². The summed E-state index contributed by atoms with van der Waals surface area (Å²) in [5.74, 6) is 0.412. The molecule has 0 aromatic heterocycles. The van der Waals surface area contributed by atoms with Crippen LogP contribution in [0.4, 0.5) is 0 Å². The molecule has 1 aliphatic carbocycles. The number of carbonyl (C=O) groups excluding carboxylic acids is 1. The smallest absolute Gasteiger partial charge is 0.226 e. The molecule has 0 unspecified atom stereocenters. The summed E-state index contributed by atoms with van der Waals surface area (Å²) in [4.78, 5) is 15.0. The van der Waals surface area contributed by atoms with E-state index in [0.717, 1.165) is 19.3 Å². The van der Waals surface area contributed by atoms with Crippen molar-refractivity contribution in [2.45, 2.75) is 32.4 Å². The fourth-order valence-electron chi connectivity index (χ4n) is 3.10. The molecule has 0 radical (unpaired) electrons. The molecule has 0 spiro atoms. The SMILES string of the molecule is O=C([C@H]1CC=CCC1)N(Cc1ccccc1)Cc1ccccc1. The van der Waals surface area contributed by atoms with Gasteiger partial charge in [-0.1, -0.05) is 72.8 Å². The Morgan fingerprint density at radius 3 is 1.91 bits per heavy atom. The van der Waals surface area contributed by atoms with Gasteiger partial charge < -0.3 is 4.90 Å². The average molecular weight is 305 g/mol. The standard InChI is InChI=1S/C21H23NO/c23-21(20-14-8-3-9-15-20)22(16-18-10-4-1-5-11-18)17-19-12-6-2-7-13-19/h1-8,10-13,20H,9,14-17H2/t20-/m0/s1. The number of nitrogens with zero attached hydrogens (tertiary/aromatic N) is 1. The van der Waals surface area contributed by atoms with Crippen molar-refractivity contribution < 1.29 is 4.79 Å². The van der Waals surface area contributed by atoms with E-state index in [-0.39, 0.29) is 11.8 Å². The van der Waals surface area contributed by atoms with Gasteiger partial charge in [0.2, 0.25) is 5.91 Å². The number of hydrogen-bond acceptors (Lipinski definition) is 1. The first-order valence-electron chi connectivity index (χ1n) is 8.34. The van der Waals surface area contributed by atoms with Gasteiger partial charge in [-0.25, -0.2) is 0 Å². The Kier molecular flexibility index (Phi) is 5.25. The van der Waals surface area contributed by atoms with Crippen molar-refractivity contribution in [1.82, 2.24) is 4.90 Å². The van der Waals surface area contributed by atoms with Crippen LogP contribution in [-0.4, -0.2) is 10.8 Å². The predicted octanol–water partition coefficient (Wildman–Crippen LogP) is 4.57. The maximum absolute atomic E-state index is 13.0. The van der Waals surface area contributed by atoms with Crippen molar-refractivity contribution >= 4 is 5.91 Å². The van der Waals surface area contributed by atoms with Gasteiger partial charge in [-0.05, 0) is 30.4 Å². The summed E-state index contributed by atoms with van der Waals surface area (Å²) in [7, 11) is 0. The lowest BCUT2D eigenvalue weighted by atomic mass is 9.92. The average Bonchev–Trinajstić information content (AvgIpc) is 2.63. The normalized spacial score (nSPS) is 17.0. The molecule has 0 saturated carbocycles. The molecule has 3 rings (SSSR count). The van der Waals surface area contributed by atoms with Crippen LogP contribution in [0.15, 0.2) is 72.8 Å². The molecule has 0 aliphatic heterocycles. The van der Waals surface area contributed by atoms with Crippen molar-refractivity contribution in [2.75, 3.05) is 0 Å².